The van der Waals surface area contributed by atoms with E-state index in [1.165, 1.54) is 16.8 Å². The minimum absolute atomic E-state index is 0.0112. The molecule has 1 N–H and O–H groups in total. The molecule has 3 aromatic rings. The molecule has 1 atom stereocenters. The quantitative estimate of drug-likeness (QED) is 0.207. The molecule has 0 aliphatic carbocycles. The summed E-state index contributed by atoms with van der Waals surface area (Å²) in [6.45, 7) is 2.42. The third-order valence-corrected chi connectivity index (χ3v) is 7.12. The molecule has 13 heteroatoms. The highest BCUT2D eigenvalue weighted by Gasteiger charge is 2.30. The fourth-order valence-corrected chi connectivity index (χ4v) is 4.75. The van der Waals surface area contributed by atoms with Gasteiger partial charge in [-0.05, 0) is 95.6 Å². The normalized spacial score (nSPS) is 15.2. The van der Waals surface area contributed by atoms with Crippen LogP contribution in [0.5, 0.6) is 11.5 Å². The summed E-state index contributed by atoms with van der Waals surface area (Å²) in [6, 6.07) is 12.6. The monoisotopic (exact) mass is 582 g/mol. The summed E-state index contributed by atoms with van der Waals surface area (Å²) in [4.78, 5) is 16.1. The molecule has 0 amide bonds. The summed E-state index contributed by atoms with van der Waals surface area (Å²) in [5.74, 6) is 0.939. The Morgan fingerprint density at radius 1 is 1.12 bits per heavy atom. The van der Waals surface area contributed by atoms with Crippen molar-refractivity contribution in [1.29, 1.82) is 0 Å². The number of piperidine rings is 1. The standard InChI is InChI=1S/C27H30ClF3N4O5/c28-26-32-25(35(37)38)17-34(26)14-10-22(36)18-40-23-6-4-21(5-7-23)33-12-8-19(9-13-33)11-15-39-24-3-1-2-20(16-24)27(29,30)31/h1-7,16-17,19,22,36H,8-15,18H2/t22-/m1/s1. The van der Waals surface area contributed by atoms with Crippen molar-refractivity contribution in [2.75, 3.05) is 31.2 Å². The van der Waals surface area contributed by atoms with Crippen molar-refractivity contribution in [3.05, 3.63) is 75.7 Å². The number of nitro groups is 1. The molecule has 2 heterocycles. The number of alkyl halides is 3. The van der Waals surface area contributed by atoms with Crippen LogP contribution in [-0.2, 0) is 12.7 Å². The SMILES string of the molecule is O=[N+]([O-])c1cn(CC[C@@H](O)COc2ccc(N3CCC(CCOc4cccc(C(F)(F)F)c4)CC3)cc2)c(Cl)n1. The van der Waals surface area contributed by atoms with Gasteiger partial charge in [-0.3, -0.25) is 4.57 Å². The summed E-state index contributed by atoms with van der Waals surface area (Å²) < 4.78 is 51.3. The molecule has 2 aromatic carbocycles. The lowest BCUT2D eigenvalue weighted by atomic mass is 9.93. The van der Waals surface area contributed by atoms with E-state index >= 15 is 0 Å². The van der Waals surface area contributed by atoms with Gasteiger partial charge in [-0.25, -0.2) is 0 Å². The van der Waals surface area contributed by atoms with Crippen LogP contribution in [0.2, 0.25) is 5.28 Å². The molecule has 40 heavy (non-hydrogen) atoms. The first kappa shape index (κ1) is 29.5. The minimum Gasteiger partial charge on any atom is -0.494 e. The minimum atomic E-state index is -4.39. The Bertz CT molecular complexity index is 1260. The second kappa shape index (κ2) is 13.2. The molecule has 9 nitrogen and oxygen atoms in total. The maximum Gasteiger partial charge on any atom is 0.416 e. The molecule has 1 aliphatic rings. The lowest BCUT2D eigenvalue weighted by Crippen LogP contribution is -2.34. The first-order valence-corrected chi connectivity index (χ1v) is 13.3. The number of aliphatic hydroxyl groups excluding tert-OH is 1. The molecule has 1 saturated heterocycles. The Labute approximate surface area is 234 Å². The van der Waals surface area contributed by atoms with Crippen molar-refractivity contribution in [1.82, 2.24) is 9.55 Å². The number of hydrogen-bond acceptors (Lipinski definition) is 7. The second-order valence-corrected chi connectivity index (χ2v) is 10.00. The summed E-state index contributed by atoms with van der Waals surface area (Å²) >= 11 is 5.89. The Hall–Kier alpha value is -3.51. The van der Waals surface area contributed by atoms with Crippen LogP contribution in [0.3, 0.4) is 0 Å². The fourth-order valence-electron chi connectivity index (χ4n) is 4.53. The first-order chi connectivity index (χ1) is 19.1. The number of aromatic nitrogens is 2. The molecular formula is C27H30ClF3N4O5. The van der Waals surface area contributed by atoms with E-state index in [1.54, 1.807) is 6.07 Å². The molecule has 1 fully saturated rings. The lowest BCUT2D eigenvalue weighted by molar-refractivity contribution is -0.389. The molecule has 0 saturated carbocycles. The van der Waals surface area contributed by atoms with E-state index in [0.717, 1.165) is 50.2 Å². The van der Waals surface area contributed by atoms with E-state index in [-0.39, 0.29) is 36.4 Å². The number of benzene rings is 2. The van der Waals surface area contributed by atoms with Gasteiger partial charge in [0.05, 0.1) is 18.3 Å². The van der Waals surface area contributed by atoms with Crippen molar-refractivity contribution < 1.29 is 32.7 Å². The largest absolute Gasteiger partial charge is 0.494 e. The molecule has 0 unspecified atom stereocenters. The number of imidazole rings is 1. The zero-order valence-corrected chi connectivity index (χ0v) is 22.4. The smallest absolute Gasteiger partial charge is 0.416 e. The van der Waals surface area contributed by atoms with Crippen LogP contribution in [0.15, 0.2) is 54.7 Å². The van der Waals surface area contributed by atoms with Crippen LogP contribution in [0.1, 0.15) is 31.2 Å². The predicted molar refractivity (Wildman–Crippen MR) is 143 cm³/mol. The van der Waals surface area contributed by atoms with Gasteiger partial charge in [-0.2, -0.15) is 13.2 Å². The summed E-state index contributed by atoms with van der Waals surface area (Å²) in [7, 11) is 0. The van der Waals surface area contributed by atoms with Gasteiger partial charge >= 0.3 is 17.3 Å². The van der Waals surface area contributed by atoms with E-state index in [4.69, 9.17) is 21.1 Å². The number of anilines is 1. The van der Waals surface area contributed by atoms with Crippen LogP contribution in [-0.4, -0.2) is 52.0 Å². The highest BCUT2D eigenvalue weighted by Crippen LogP contribution is 2.32. The van der Waals surface area contributed by atoms with Crippen molar-refractivity contribution >= 4 is 23.1 Å². The van der Waals surface area contributed by atoms with E-state index in [1.807, 2.05) is 24.3 Å². The summed E-state index contributed by atoms with van der Waals surface area (Å²) in [6.07, 6.45) is -0.974. The second-order valence-electron chi connectivity index (χ2n) is 9.66. The number of hydrogen-bond donors (Lipinski definition) is 1. The number of rotatable bonds is 12. The third kappa shape index (κ3) is 8.25. The van der Waals surface area contributed by atoms with Gasteiger partial charge in [0.2, 0.25) is 0 Å². The molecule has 1 aliphatic heterocycles. The van der Waals surface area contributed by atoms with Gasteiger partial charge in [0, 0.05) is 25.3 Å². The van der Waals surface area contributed by atoms with Gasteiger partial charge < -0.3 is 29.6 Å². The number of aliphatic hydroxyl groups is 1. The molecule has 0 radical (unpaired) electrons. The van der Waals surface area contributed by atoms with Gasteiger partial charge in [-0.15, -0.1) is 0 Å². The van der Waals surface area contributed by atoms with E-state index in [9.17, 15) is 28.4 Å². The van der Waals surface area contributed by atoms with Crippen LogP contribution in [0.25, 0.3) is 0 Å². The number of ether oxygens (including phenoxy) is 2. The van der Waals surface area contributed by atoms with Crippen molar-refractivity contribution in [3.8, 4) is 11.5 Å². The van der Waals surface area contributed by atoms with Gasteiger partial charge in [0.15, 0.2) is 0 Å². The van der Waals surface area contributed by atoms with Crippen LogP contribution in [0, 0.1) is 16.0 Å². The van der Waals surface area contributed by atoms with E-state index < -0.39 is 22.8 Å². The Balaban J connectivity index is 1.15. The van der Waals surface area contributed by atoms with Crippen LogP contribution in [0.4, 0.5) is 24.7 Å². The van der Waals surface area contributed by atoms with E-state index in [0.29, 0.717) is 18.3 Å². The molecular weight excluding hydrogens is 553 g/mol. The van der Waals surface area contributed by atoms with Crippen molar-refractivity contribution in [3.63, 3.8) is 0 Å². The molecule has 4 rings (SSSR count). The Morgan fingerprint density at radius 2 is 1.85 bits per heavy atom. The van der Waals surface area contributed by atoms with Gasteiger partial charge in [0.25, 0.3) is 0 Å². The number of aryl methyl sites for hydroxylation is 1. The topological polar surface area (TPSA) is 103 Å². The average Bonchev–Trinajstić information content (AvgIpc) is 3.32. The van der Waals surface area contributed by atoms with Crippen molar-refractivity contribution in [2.24, 2.45) is 5.92 Å². The first-order valence-electron chi connectivity index (χ1n) is 12.9. The van der Waals surface area contributed by atoms with Crippen LogP contribution < -0.4 is 14.4 Å². The zero-order valence-electron chi connectivity index (χ0n) is 21.6. The maximum atomic E-state index is 12.9. The Morgan fingerprint density at radius 3 is 2.50 bits per heavy atom. The fraction of sp³-hybridized carbons (Fsp3) is 0.444. The zero-order chi connectivity index (χ0) is 28.7. The summed E-state index contributed by atoms with van der Waals surface area (Å²) in [5, 5.41) is 21.0. The lowest BCUT2D eigenvalue weighted by Gasteiger charge is -2.33. The highest BCUT2D eigenvalue weighted by atomic mass is 35.5. The molecule has 1 aromatic heterocycles. The number of nitrogens with zero attached hydrogens (tertiary/aromatic N) is 4. The maximum absolute atomic E-state index is 12.9. The van der Waals surface area contributed by atoms with Crippen LogP contribution >= 0.6 is 11.6 Å². The van der Waals surface area contributed by atoms with Gasteiger partial charge in [0.1, 0.15) is 24.3 Å². The van der Waals surface area contributed by atoms with E-state index in [2.05, 4.69) is 9.88 Å². The highest BCUT2D eigenvalue weighted by molar-refractivity contribution is 6.28. The predicted octanol–water partition coefficient (Wildman–Crippen LogP) is 5.98. The number of halogens is 4. The molecule has 216 valence electrons. The molecule has 0 bridgehead atoms. The van der Waals surface area contributed by atoms with Crippen molar-refractivity contribution in [2.45, 2.75) is 44.5 Å². The molecule has 0 spiro atoms. The van der Waals surface area contributed by atoms with Gasteiger partial charge in [-0.1, -0.05) is 6.07 Å². The Kier molecular flexibility index (Phi) is 9.75. The average molecular weight is 583 g/mol. The summed E-state index contributed by atoms with van der Waals surface area (Å²) in [5.41, 5.74) is 0.347. The third-order valence-electron chi connectivity index (χ3n) is 6.82.